The summed E-state index contributed by atoms with van der Waals surface area (Å²) in [6.45, 7) is 1.08. The molecule has 0 unspecified atom stereocenters. The molecular weight excluding hydrogens is 220 g/mol. The van der Waals surface area contributed by atoms with E-state index in [1.165, 1.54) is 0 Å². The summed E-state index contributed by atoms with van der Waals surface area (Å²) in [6, 6.07) is 7.68. The van der Waals surface area contributed by atoms with Gasteiger partial charge in [0.15, 0.2) is 0 Å². The Hall–Kier alpha value is -1.59. The molecule has 0 radical (unpaired) electrons. The summed E-state index contributed by atoms with van der Waals surface area (Å²) in [5.74, 6) is 5.61. The SMILES string of the molecule is COc1ccc(COCCCC(=O)NN)cc1. The lowest BCUT2D eigenvalue weighted by Crippen LogP contribution is -2.29. The topological polar surface area (TPSA) is 73.6 Å². The highest BCUT2D eigenvalue weighted by molar-refractivity contribution is 5.75. The van der Waals surface area contributed by atoms with Crippen molar-refractivity contribution in [3.8, 4) is 5.75 Å². The highest BCUT2D eigenvalue weighted by atomic mass is 16.5. The average Bonchev–Trinajstić information content (AvgIpc) is 2.38. The van der Waals surface area contributed by atoms with E-state index in [4.69, 9.17) is 15.3 Å². The summed E-state index contributed by atoms with van der Waals surface area (Å²) in [7, 11) is 1.63. The molecule has 0 aromatic heterocycles. The van der Waals surface area contributed by atoms with Crippen LogP contribution in [0.4, 0.5) is 0 Å². The molecule has 1 aromatic rings. The Morgan fingerprint density at radius 2 is 2.06 bits per heavy atom. The minimum atomic E-state index is -0.168. The van der Waals surface area contributed by atoms with Gasteiger partial charge in [-0.15, -0.1) is 0 Å². The third-order valence-corrected chi connectivity index (χ3v) is 2.28. The predicted octanol–water partition coefficient (Wildman–Crippen LogP) is 0.982. The first-order chi connectivity index (χ1) is 8.26. The maximum atomic E-state index is 10.8. The van der Waals surface area contributed by atoms with E-state index >= 15 is 0 Å². The maximum Gasteiger partial charge on any atom is 0.233 e. The molecule has 94 valence electrons. The molecule has 3 N–H and O–H groups in total. The van der Waals surface area contributed by atoms with Gasteiger partial charge in [-0.1, -0.05) is 12.1 Å². The summed E-state index contributed by atoms with van der Waals surface area (Å²) in [4.78, 5) is 10.8. The van der Waals surface area contributed by atoms with E-state index in [0.717, 1.165) is 11.3 Å². The fraction of sp³-hybridized carbons (Fsp3) is 0.417. The molecule has 1 amide bonds. The summed E-state index contributed by atoms with van der Waals surface area (Å²) in [5.41, 5.74) is 3.16. The van der Waals surface area contributed by atoms with E-state index < -0.39 is 0 Å². The highest BCUT2D eigenvalue weighted by Crippen LogP contribution is 2.11. The van der Waals surface area contributed by atoms with Crippen LogP contribution in [0.1, 0.15) is 18.4 Å². The van der Waals surface area contributed by atoms with E-state index in [-0.39, 0.29) is 5.91 Å². The lowest BCUT2D eigenvalue weighted by atomic mass is 10.2. The third-order valence-electron chi connectivity index (χ3n) is 2.28. The van der Waals surface area contributed by atoms with Crippen molar-refractivity contribution in [2.45, 2.75) is 19.4 Å². The Kier molecular flexibility index (Phi) is 6.06. The van der Waals surface area contributed by atoms with Crippen LogP contribution in [0.25, 0.3) is 0 Å². The number of hydrogen-bond acceptors (Lipinski definition) is 4. The van der Waals surface area contributed by atoms with Crippen LogP contribution in [0.2, 0.25) is 0 Å². The predicted molar refractivity (Wildman–Crippen MR) is 64.2 cm³/mol. The van der Waals surface area contributed by atoms with Gasteiger partial charge in [0.2, 0.25) is 5.91 Å². The molecule has 0 atom stereocenters. The van der Waals surface area contributed by atoms with Crippen molar-refractivity contribution in [1.29, 1.82) is 0 Å². The van der Waals surface area contributed by atoms with E-state index in [1.54, 1.807) is 7.11 Å². The number of nitrogens with two attached hydrogens (primary N) is 1. The molecule has 5 heteroatoms. The van der Waals surface area contributed by atoms with Gasteiger partial charge in [0.05, 0.1) is 13.7 Å². The first-order valence-corrected chi connectivity index (χ1v) is 5.46. The van der Waals surface area contributed by atoms with Crippen LogP contribution in [0.15, 0.2) is 24.3 Å². The lowest BCUT2D eigenvalue weighted by molar-refractivity contribution is -0.121. The van der Waals surface area contributed by atoms with Gasteiger partial charge >= 0.3 is 0 Å². The summed E-state index contributed by atoms with van der Waals surface area (Å²) in [5, 5.41) is 0. The number of hydrazine groups is 1. The van der Waals surface area contributed by atoms with Crippen molar-refractivity contribution >= 4 is 5.91 Å². The summed E-state index contributed by atoms with van der Waals surface area (Å²) in [6.07, 6.45) is 1.05. The minimum absolute atomic E-state index is 0.168. The van der Waals surface area contributed by atoms with Gasteiger partial charge in [0.1, 0.15) is 5.75 Å². The lowest BCUT2D eigenvalue weighted by Gasteiger charge is -2.05. The van der Waals surface area contributed by atoms with E-state index in [0.29, 0.717) is 26.1 Å². The summed E-state index contributed by atoms with van der Waals surface area (Å²) < 4.78 is 10.5. The normalized spacial score (nSPS) is 10.0. The first kappa shape index (κ1) is 13.5. The Morgan fingerprint density at radius 3 is 2.65 bits per heavy atom. The fourth-order valence-electron chi connectivity index (χ4n) is 1.32. The molecule has 17 heavy (non-hydrogen) atoms. The molecule has 0 aliphatic heterocycles. The molecule has 0 heterocycles. The quantitative estimate of drug-likeness (QED) is 0.321. The number of hydrogen-bond donors (Lipinski definition) is 2. The Bertz CT molecular complexity index is 338. The van der Waals surface area contributed by atoms with Crippen LogP contribution in [-0.2, 0) is 16.1 Å². The van der Waals surface area contributed by atoms with Crippen LogP contribution >= 0.6 is 0 Å². The number of rotatable bonds is 7. The van der Waals surface area contributed by atoms with Crippen molar-refractivity contribution in [1.82, 2.24) is 5.43 Å². The second-order valence-electron chi connectivity index (χ2n) is 3.57. The van der Waals surface area contributed by atoms with E-state index in [9.17, 15) is 4.79 Å². The van der Waals surface area contributed by atoms with Crippen LogP contribution in [-0.4, -0.2) is 19.6 Å². The molecule has 0 aliphatic rings. The number of benzene rings is 1. The van der Waals surface area contributed by atoms with Crippen LogP contribution in [0, 0.1) is 0 Å². The van der Waals surface area contributed by atoms with Crippen molar-refractivity contribution in [2.24, 2.45) is 5.84 Å². The third kappa shape index (κ3) is 5.33. The Labute approximate surface area is 101 Å². The molecule has 0 bridgehead atoms. The Balaban J connectivity index is 2.15. The number of nitrogens with one attached hydrogen (secondary N) is 1. The van der Waals surface area contributed by atoms with Crippen LogP contribution < -0.4 is 16.0 Å². The molecular formula is C12H18N2O3. The average molecular weight is 238 g/mol. The number of carbonyl (C=O) groups excluding carboxylic acids is 1. The first-order valence-electron chi connectivity index (χ1n) is 5.46. The molecule has 5 nitrogen and oxygen atoms in total. The maximum absolute atomic E-state index is 10.8. The van der Waals surface area contributed by atoms with Crippen LogP contribution in [0.3, 0.4) is 0 Å². The van der Waals surface area contributed by atoms with Gasteiger partial charge in [-0.3, -0.25) is 10.2 Å². The molecule has 1 rings (SSSR count). The molecule has 1 aromatic carbocycles. The van der Waals surface area contributed by atoms with Crippen molar-refractivity contribution in [3.05, 3.63) is 29.8 Å². The van der Waals surface area contributed by atoms with Gasteiger partial charge in [0.25, 0.3) is 0 Å². The molecule has 0 saturated heterocycles. The van der Waals surface area contributed by atoms with Gasteiger partial charge in [-0.25, -0.2) is 5.84 Å². The number of amides is 1. The van der Waals surface area contributed by atoms with Gasteiger partial charge in [-0.05, 0) is 24.1 Å². The molecule has 0 saturated carbocycles. The van der Waals surface area contributed by atoms with Crippen molar-refractivity contribution in [2.75, 3.05) is 13.7 Å². The number of methoxy groups -OCH3 is 1. The second-order valence-corrected chi connectivity index (χ2v) is 3.57. The van der Waals surface area contributed by atoms with Gasteiger partial charge in [0, 0.05) is 13.0 Å². The smallest absolute Gasteiger partial charge is 0.233 e. The van der Waals surface area contributed by atoms with Crippen molar-refractivity contribution < 1.29 is 14.3 Å². The monoisotopic (exact) mass is 238 g/mol. The van der Waals surface area contributed by atoms with E-state index in [1.807, 2.05) is 24.3 Å². The largest absolute Gasteiger partial charge is 0.497 e. The molecule has 0 aliphatic carbocycles. The number of carbonyl (C=O) groups is 1. The standard InChI is InChI=1S/C12H18N2O3/c1-16-11-6-4-10(5-7-11)9-17-8-2-3-12(15)14-13/h4-7H,2-3,8-9,13H2,1H3,(H,14,15). The zero-order chi connectivity index (χ0) is 12.5. The minimum Gasteiger partial charge on any atom is -0.497 e. The molecule has 0 fully saturated rings. The van der Waals surface area contributed by atoms with Crippen LogP contribution in [0.5, 0.6) is 5.75 Å². The zero-order valence-corrected chi connectivity index (χ0v) is 9.94. The van der Waals surface area contributed by atoms with E-state index in [2.05, 4.69) is 5.43 Å². The highest BCUT2D eigenvalue weighted by Gasteiger charge is 1.98. The zero-order valence-electron chi connectivity index (χ0n) is 9.94. The molecule has 0 spiro atoms. The van der Waals surface area contributed by atoms with Gasteiger partial charge in [-0.2, -0.15) is 0 Å². The summed E-state index contributed by atoms with van der Waals surface area (Å²) >= 11 is 0. The number of ether oxygens (including phenoxy) is 2. The second kappa shape index (κ2) is 7.65. The Morgan fingerprint density at radius 1 is 1.35 bits per heavy atom. The van der Waals surface area contributed by atoms with Crippen molar-refractivity contribution in [3.63, 3.8) is 0 Å². The van der Waals surface area contributed by atoms with Gasteiger partial charge < -0.3 is 9.47 Å². The fourth-order valence-corrected chi connectivity index (χ4v) is 1.32.